The fourth-order valence-electron chi connectivity index (χ4n) is 1.67. The Morgan fingerprint density at radius 2 is 2.11 bits per heavy atom. The number of nitrogens with one attached hydrogen (secondary N) is 1. The highest BCUT2D eigenvalue weighted by Gasteiger charge is 2.15. The van der Waals surface area contributed by atoms with E-state index in [0.29, 0.717) is 0 Å². The molecule has 0 fully saturated rings. The normalized spacial score (nSPS) is 11.9. The molecule has 0 unspecified atom stereocenters. The first-order chi connectivity index (χ1) is 8.55. The van der Waals surface area contributed by atoms with Gasteiger partial charge in [-0.2, -0.15) is 0 Å². The van der Waals surface area contributed by atoms with Crippen LogP contribution in [0, 0.1) is 0 Å². The second-order valence-electron chi connectivity index (χ2n) is 5.42. The van der Waals surface area contributed by atoms with Gasteiger partial charge in [-0.05, 0) is 17.5 Å². The molecule has 0 aromatic carbocycles. The van der Waals surface area contributed by atoms with Crippen molar-refractivity contribution in [3.8, 4) is 0 Å². The molecule has 0 bridgehead atoms. The Hall–Kier alpha value is -0.710. The lowest BCUT2D eigenvalue weighted by molar-refractivity contribution is 0.604. The molecule has 0 amide bonds. The van der Waals surface area contributed by atoms with Gasteiger partial charge in [0.05, 0.1) is 11.2 Å². The van der Waals surface area contributed by atoms with Gasteiger partial charge in [0.15, 0.2) is 0 Å². The Balaban J connectivity index is 1.75. The molecule has 2 aromatic heterocycles. The average molecular weight is 280 g/mol. The standard InChI is InChI=1S/C14H20N2S2/c1-14(2,3)13-5-4-12(18-13)8-15-7-6-11-9-17-10-16-11/h4-5,9-10,15H,6-8H2,1-3H3. The molecule has 2 aromatic rings. The van der Waals surface area contributed by atoms with Crippen LogP contribution in [0.25, 0.3) is 0 Å². The minimum Gasteiger partial charge on any atom is -0.311 e. The highest BCUT2D eigenvalue weighted by molar-refractivity contribution is 7.12. The molecular weight excluding hydrogens is 260 g/mol. The topological polar surface area (TPSA) is 24.9 Å². The van der Waals surface area contributed by atoms with E-state index >= 15 is 0 Å². The fourth-order valence-corrected chi connectivity index (χ4v) is 3.29. The first-order valence-electron chi connectivity index (χ1n) is 6.23. The molecule has 98 valence electrons. The second-order valence-corrected chi connectivity index (χ2v) is 7.31. The Labute approximate surface area is 117 Å². The lowest BCUT2D eigenvalue weighted by Crippen LogP contribution is -2.16. The van der Waals surface area contributed by atoms with Gasteiger partial charge in [-0.1, -0.05) is 20.8 Å². The highest BCUT2D eigenvalue weighted by atomic mass is 32.1. The summed E-state index contributed by atoms with van der Waals surface area (Å²) in [6.45, 7) is 8.74. The van der Waals surface area contributed by atoms with Gasteiger partial charge in [-0.25, -0.2) is 4.98 Å². The quantitative estimate of drug-likeness (QED) is 0.842. The van der Waals surface area contributed by atoms with Crippen LogP contribution in [-0.2, 0) is 18.4 Å². The van der Waals surface area contributed by atoms with Crippen molar-refractivity contribution >= 4 is 22.7 Å². The molecule has 2 heterocycles. The summed E-state index contributed by atoms with van der Waals surface area (Å²) in [6, 6.07) is 4.49. The lowest BCUT2D eigenvalue weighted by Gasteiger charge is -2.15. The molecule has 1 N–H and O–H groups in total. The number of hydrogen-bond acceptors (Lipinski definition) is 4. The van der Waals surface area contributed by atoms with Gasteiger partial charge in [0.1, 0.15) is 0 Å². The van der Waals surface area contributed by atoms with Crippen LogP contribution in [0.15, 0.2) is 23.0 Å². The van der Waals surface area contributed by atoms with Crippen molar-refractivity contribution in [3.05, 3.63) is 38.5 Å². The SMILES string of the molecule is CC(C)(C)c1ccc(CNCCc2cscn2)s1. The first-order valence-corrected chi connectivity index (χ1v) is 7.98. The van der Waals surface area contributed by atoms with Crippen molar-refractivity contribution in [2.24, 2.45) is 0 Å². The maximum absolute atomic E-state index is 4.28. The van der Waals surface area contributed by atoms with E-state index in [1.165, 1.54) is 15.4 Å². The van der Waals surface area contributed by atoms with Gasteiger partial charge in [0, 0.05) is 34.6 Å². The smallest absolute Gasteiger partial charge is 0.0794 e. The van der Waals surface area contributed by atoms with Gasteiger partial charge in [-0.3, -0.25) is 0 Å². The predicted octanol–water partition coefficient (Wildman–Crippen LogP) is 3.83. The number of rotatable bonds is 5. The monoisotopic (exact) mass is 280 g/mol. The van der Waals surface area contributed by atoms with Crippen LogP contribution in [0.2, 0.25) is 0 Å². The van der Waals surface area contributed by atoms with Crippen molar-refractivity contribution in [3.63, 3.8) is 0 Å². The largest absolute Gasteiger partial charge is 0.311 e. The summed E-state index contributed by atoms with van der Waals surface area (Å²) < 4.78 is 0. The van der Waals surface area contributed by atoms with Gasteiger partial charge in [0.2, 0.25) is 0 Å². The van der Waals surface area contributed by atoms with E-state index in [1.54, 1.807) is 11.3 Å². The molecule has 0 aliphatic heterocycles. The summed E-state index contributed by atoms with van der Waals surface area (Å²) in [6.07, 6.45) is 1.01. The summed E-state index contributed by atoms with van der Waals surface area (Å²) in [5.74, 6) is 0. The molecule has 0 radical (unpaired) electrons. The summed E-state index contributed by atoms with van der Waals surface area (Å²) in [5.41, 5.74) is 3.35. The van der Waals surface area contributed by atoms with Crippen molar-refractivity contribution < 1.29 is 0 Å². The van der Waals surface area contributed by atoms with Crippen LogP contribution in [0.3, 0.4) is 0 Å². The first kappa shape index (κ1) is 13.7. The Kier molecular flexibility index (Phi) is 4.54. The molecule has 0 spiro atoms. The van der Waals surface area contributed by atoms with E-state index in [9.17, 15) is 0 Å². The minimum absolute atomic E-state index is 0.267. The molecule has 0 atom stereocenters. The maximum Gasteiger partial charge on any atom is 0.0794 e. The van der Waals surface area contributed by atoms with Gasteiger partial charge in [-0.15, -0.1) is 22.7 Å². The molecule has 18 heavy (non-hydrogen) atoms. The fraction of sp³-hybridized carbons (Fsp3) is 0.500. The van der Waals surface area contributed by atoms with Crippen LogP contribution >= 0.6 is 22.7 Å². The van der Waals surface area contributed by atoms with E-state index in [0.717, 1.165) is 19.5 Å². The van der Waals surface area contributed by atoms with Crippen LogP contribution in [-0.4, -0.2) is 11.5 Å². The zero-order chi connectivity index (χ0) is 13.0. The molecule has 2 rings (SSSR count). The van der Waals surface area contributed by atoms with Crippen LogP contribution in [0.1, 0.15) is 36.2 Å². The number of aromatic nitrogens is 1. The maximum atomic E-state index is 4.28. The number of nitrogens with zero attached hydrogens (tertiary/aromatic N) is 1. The van der Waals surface area contributed by atoms with Gasteiger partial charge in [0.25, 0.3) is 0 Å². The number of thiazole rings is 1. The highest BCUT2D eigenvalue weighted by Crippen LogP contribution is 2.29. The van der Waals surface area contributed by atoms with Gasteiger partial charge < -0.3 is 5.32 Å². The molecule has 2 nitrogen and oxygen atoms in total. The van der Waals surface area contributed by atoms with Crippen molar-refractivity contribution in [1.29, 1.82) is 0 Å². The van der Waals surface area contributed by atoms with E-state index in [-0.39, 0.29) is 5.41 Å². The third-order valence-corrected chi connectivity index (χ3v) is 4.89. The van der Waals surface area contributed by atoms with Gasteiger partial charge >= 0.3 is 0 Å². The zero-order valence-corrected chi connectivity index (χ0v) is 12.8. The molecule has 0 saturated carbocycles. The molecule has 4 heteroatoms. The summed E-state index contributed by atoms with van der Waals surface area (Å²) in [4.78, 5) is 7.15. The van der Waals surface area contributed by atoms with Crippen LogP contribution in [0.4, 0.5) is 0 Å². The van der Waals surface area contributed by atoms with Crippen LogP contribution < -0.4 is 5.32 Å². The predicted molar refractivity (Wildman–Crippen MR) is 80.5 cm³/mol. The minimum atomic E-state index is 0.267. The Bertz CT molecular complexity index is 466. The zero-order valence-electron chi connectivity index (χ0n) is 11.2. The lowest BCUT2D eigenvalue weighted by atomic mass is 9.95. The molecule has 0 aliphatic rings. The van der Waals surface area contributed by atoms with E-state index in [2.05, 4.69) is 48.6 Å². The molecule has 0 saturated heterocycles. The third kappa shape index (κ3) is 3.90. The summed E-state index contributed by atoms with van der Waals surface area (Å²) >= 11 is 3.57. The summed E-state index contributed by atoms with van der Waals surface area (Å²) in [5, 5.41) is 5.60. The average Bonchev–Trinajstić information content (AvgIpc) is 2.95. The molecular formula is C14H20N2S2. The van der Waals surface area contributed by atoms with Crippen molar-refractivity contribution in [2.75, 3.05) is 6.54 Å². The molecule has 0 aliphatic carbocycles. The van der Waals surface area contributed by atoms with E-state index in [1.807, 2.05) is 16.8 Å². The Morgan fingerprint density at radius 1 is 1.28 bits per heavy atom. The summed E-state index contributed by atoms with van der Waals surface area (Å²) in [7, 11) is 0. The third-order valence-electron chi connectivity index (χ3n) is 2.74. The van der Waals surface area contributed by atoms with Crippen molar-refractivity contribution in [2.45, 2.75) is 39.2 Å². The van der Waals surface area contributed by atoms with Crippen LogP contribution in [0.5, 0.6) is 0 Å². The van der Waals surface area contributed by atoms with E-state index < -0.39 is 0 Å². The van der Waals surface area contributed by atoms with Crippen molar-refractivity contribution in [1.82, 2.24) is 10.3 Å². The Morgan fingerprint density at radius 3 is 2.72 bits per heavy atom. The van der Waals surface area contributed by atoms with E-state index in [4.69, 9.17) is 0 Å². The number of hydrogen-bond donors (Lipinski definition) is 1. The second kappa shape index (κ2) is 5.95. The number of thiophene rings is 1.